The van der Waals surface area contributed by atoms with Crippen molar-refractivity contribution in [2.24, 2.45) is 5.92 Å². The number of rotatable bonds is 5. The second-order valence-corrected chi connectivity index (χ2v) is 8.28. The number of hydrogen-bond donors (Lipinski definition) is 0. The SMILES string of the molecule is CN1C2=C(CCN(CCC3CCCCC3)C2)SC1OCC(F)(F)F. The Kier molecular flexibility index (Phi) is 6.03. The molecule has 24 heavy (non-hydrogen) atoms. The third-order valence-electron chi connectivity index (χ3n) is 5.30. The lowest BCUT2D eigenvalue weighted by Crippen LogP contribution is -2.38. The molecule has 0 spiro atoms. The number of halogens is 3. The van der Waals surface area contributed by atoms with E-state index >= 15 is 0 Å². The van der Waals surface area contributed by atoms with Crippen molar-refractivity contribution >= 4 is 11.8 Å². The van der Waals surface area contributed by atoms with E-state index in [4.69, 9.17) is 4.74 Å². The molecule has 1 unspecified atom stereocenters. The Bertz CT molecular complexity index is 463. The van der Waals surface area contributed by atoms with E-state index in [0.29, 0.717) is 0 Å². The summed E-state index contributed by atoms with van der Waals surface area (Å²) in [6.45, 7) is 1.78. The number of hydrogen-bond acceptors (Lipinski definition) is 4. The minimum Gasteiger partial charge on any atom is -0.342 e. The second-order valence-electron chi connectivity index (χ2n) is 7.15. The highest BCUT2D eigenvalue weighted by Crippen LogP contribution is 2.42. The lowest BCUT2D eigenvalue weighted by Gasteiger charge is -2.32. The first-order valence-corrected chi connectivity index (χ1v) is 9.82. The molecule has 2 aliphatic heterocycles. The quantitative estimate of drug-likeness (QED) is 0.717. The van der Waals surface area contributed by atoms with Gasteiger partial charge in [-0.2, -0.15) is 13.2 Å². The van der Waals surface area contributed by atoms with Gasteiger partial charge in [-0.25, -0.2) is 0 Å². The van der Waals surface area contributed by atoms with Gasteiger partial charge in [-0.1, -0.05) is 43.9 Å². The zero-order valence-corrected chi connectivity index (χ0v) is 15.1. The number of nitrogens with zero attached hydrogens (tertiary/aromatic N) is 2. The first kappa shape index (κ1) is 18.4. The summed E-state index contributed by atoms with van der Waals surface area (Å²) >= 11 is 1.45. The maximum Gasteiger partial charge on any atom is 0.411 e. The second kappa shape index (κ2) is 7.87. The fraction of sp³-hybridized carbons (Fsp3) is 0.882. The van der Waals surface area contributed by atoms with Crippen LogP contribution in [-0.2, 0) is 4.74 Å². The number of ether oxygens (including phenoxy) is 1. The van der Waals surface area contributed by atoms with E-state index in [-0.39, 0.29) is 0 Å². The molecule has 0 radical (unpaired) electrons. The van der Waals surface area contributed by atoms with Crippen LogP contribution in [-0.4, -0.2) is 54.8 Å². The normalized spacial score (nSPS) is 27.0. The van der Waals surface area contributed by atoms with Gasteiger partial charge in [0, 0.05) is 30.7 Å². The monoisotopic (exact) mass is 364 g/mol. The zero-order chi connectivity index (χ0) is 17.2. The van der Waals surface area contributed by atoms with Gasteiger partial charge in [-0.05, 0) is 25.3 Å². The van der Waals surface area contributed by atoms with Gasteiger partial charge in [-0.15, -0.1) is 0 Å². The Morgan fingerprint density at radius 1 is 1.21 bits per heavy atom. The lowest BCUT2D eigenvalue weighted by molar-refractivity contribution is -0.185. The molecule has 7 heteroatoms. The van der Waals surface area contributed by atoms with Crippen LogP contribution in [0.25, 0.3) is 0 Å². The molecular weight excluding hydrogens is 337 g/mol. The van der Waals surface area contributed by atoms with Crippen LogP contribution < -0.4 is 0 Å². The van der Waals surface area contributed by atoms with Crippen molar-refractivity contribution in [3.05, 3.63) is 10.6 Å². The smallest absolute Gasteiger partial charge is 0.342 e. The van der Waals surface area contributed by atoms with Crippen molar-refractivity contribution in [2.45, 2.75) is 56.7 Å². The van der Waals surface area contributed by atoms with Crippen LogP contribution in [0.4, 0.5) is 13.2 Å². The number of thioether (sulfide) groups is 1. The highest BCUT2D eigenvalue weighted by molar-refractivity contribution is 8.03. The van der Waals surface area contributed by atoms with Gasteiger partial charge < -0.3 is 9.64 Å². The summed E-state index contributed by atoms with van der Waals surface area (Å²) in [6, 6.07) is 0. The van der Waals surface area contributed by atoms with Gasteiger partial charge in [-0.3, -0.25) is 4.90 Å². The molecule has 3 rings (SSSR count). The predicted octanol–water partition coefficient (Wildman–Crippen LogP) is 4.42. The van der Waals surface area contributed by atoms with E-state index in [1.165, 1.54) is 55.2 Å². The third kappa shape index (κ3) is 4.82. The van der Waals surface area contributed by atoms with Crippen LogP contribution in [0.5, 0.6) is 0 Å². The molecule has 0 N–H and O–H groups in total. The standard InChI is InChI=1S/C17H27F3N2OS/c1-21-14-11-22(9-7-13-5-3-2-4-6-13)10-8-15(14)24-16(21)23-12-17(18,19)20/h13,16H,2-12H2,1H3. The summed E-state index contributed by atoms with van der Waals surface area (Å²) in [6.07, 6.45) is 4.79. The van der Waals surface area contributed by atoms with E-state index < -0.39 is 18.3 Å². The van der Waals surface area contributed by atoms with Gasteiger partial charge in [0.2, 0.25) is 0 Å². The van der Waals surface area contributed by atoms with Crippen molar-refractivity contribution in [3.63, 3.8) is 0 Å². The molecule has 1 atom stereocenters. The molecule has 0 aromatic rings. The molecule has 1 aliphatic carbocycles. The summed E-state index contributed by atoms with van der Waals surface area (Å²) in [5.41, 5.74) is 0.622. The molecule has 2 heterocycles. The van der Waals surface area contributed by atoms with Crippen molar-refractivity contribution in [2.75, 3.05) is 33.3 Å². The van der Waals surface area contributed by atoms with Gasteiger partial charge in [0.25, 0.3) is 0 Å². The molecule has 3 nitrogen and oxygen atoms in total. The van der Waals surface area contributed by atoms with Gasteiger partial charge in [0.15, 0.2) is 5.56 Å². The Hall–Kier alpha value is -0.400. The fourth-order valence-corrected chi connectivity index (χ4v) is 5.11. The topological polar surface area (TPSA) is 15.7 Å². The minimum absolute atomic E-state index is 0.532. The molecule has 0 aromatic heterocycles. The first-order valence-electron chi connectivity index (χ1n) is 8.94. The largest absolute Gasteiger partial charge is 0.411 e. The number of likely N-dealkylation sites (N-methyl/N-ethyl adjacent to an activating group) is 1. The lowest BCUT2D eigenvalue weighted by atomic mass is 9.87. The maximum absolute atomic E-state index is 12.4. The molecular formula is C17H27F3N2OS. The Morgan fingerprint density at radius 2 is 1.96 bits per heavy atom. The molecule has 1 saturated carbocycles. The average molecular weight is 364 g/mol. The summed E-state index contributed by atoms with van der Waals surface area (Å²) in [5, 5.41) is 0. The maximum atomic E-state index is 12.4. The Morgan fingerprint density at radius 3 is 2.67 bits per heavy atom. The van der Waals surface area contributed by atoms with Crippen molar-refractivity contribution in [1.29, 1.82) is 0 Å². The number of alkyl halides is 3. The fourth-order valence-electron chi connectivity index (χ4n) is 3.89. The molecule has 138 valence electrons. The van der Waals surface area contributed by atoms with Crippen LogP contribution in [0, 0.1) is 5.92 Å². The highest BCUT2D eigenvalue weighted by Gasteiger charge is 2.37. The van der Waals surface area contributed by atoms with Gasteiger partial charge in [0.05, 0.1) is 0 Å². The summed E-state index contributed by atoms with van der Waals surface area (Å²) in [5.74, 6) is 0.868. The van der Waals surface area contributed by atoms with Crippen LogP contribution in [0.1, 0.15) is 44.9 Å². The third-order valence-corrected chi connectivity index (χ3v) is 6.68. The summed E-state index contributed by atoms with van der Waals surface area (Å²) < 4.78 is 42.2. The van der Waals surface area contributed by atoms with Crippen LogP contribution in [0.3, 0.4) is 0 Å². The van der Waals surface area contributed by atoms with Crippen molar-refractivity contribution in [3.8, 4) is 0 Å². The molecule has 0 bridgehead atoms. The van der Waals surface area contributed by atoms with Crippen LogP contribution in [0.2, 0.25) is 0 Å². The minimum atomic E-state index is -4.27. The average Bonchev–Trinajstić information content (AvgIpc) is 2.87. The molecule has 0 amide bonds. The zero-order valence-electron chi connectivity index (χ0n) is 14.3. The van der Waals surface area contributed by atoms with Crippen molar-refractivity contribution < 1.29 is 17.9 Å². The Labute approximate surface area is 146 Å². The van der Waals surface area contributed by atoms with E-state index in [2.05, 4.69) is 4.90 Å². The summed E-state index contributed by atoms with van der Waals surface area (Å²) in [7, 11) is 1.85. The Balaban J connectivity index is 1.46. The van der Waals surface area contributed by atoms with Gasteiger partial charge >= 0.3 is 6.18 Å². The molecule has 1 fully saturated rings. The highest BCUT2D eigenvalue weighted by atomic mass is 32.2. The van der Waals surface area contributed by atoms with E-state index in [9.17, 15) is 13.2 Å². The molecule has 3 aliphatic rings. The van der Waals surface area contributed by atoms with E-state index in [1.54, 1.807) is 0 Å². The predicted molar refractivity (Wildman–Crippen MR) is 90.4 cm³/mol. The molecule has 0 saturated heterocycles. The van der Waals surface area contributed by atoms with E-state index in [0.717, 1.165) is 37.7 Å². The van der Waals surface area contributed by atoms with E-state index in [1.807, 2.05) is 11.9 Å². The van der Waals surface area contributed by atoms with Crippen molar-refractivity contribution in [1.82, 2.24) is 9.80 Å². The molecule has 0 aromatic carbocycles. The van der Waals surface area contributed by atoms with Gasteiger partial charge in [0.1, 0.15) is 6.61 Å². The first-order chi connectivity index (χ1) is 11.4. The summed E-state index contributed by atoms with van der Waals surface area (Å²) in [4.78, 5) is 5.55. The van der Waals surface area contributed by atoms with Crippen LogP contribution in [0.15, 0.2) is 10.6 Å². The van der Waals surface area contributed by atoms with Crippen LogP contribution >= 0.6 is 11.8 Å².